The number of aryl methyl sites for hydroxylation is 1. The van der Waals surface area contributed by atoms with Crippen LogP contribution in [0.4, 0.5) is 5.69 Å². The molecule has 7 nitrogen and oxygen atoms in total. The zero-order chi connectivity index (χ0) is 24.2. The number of para-hydroxylation sites is 4. The minimum absolute atomic E-state index is 0.113. The Bertz CT molecular complexity index is 1490. The van der Waals surface area contributed by atoms with Crippen molar-refractivity contribution in [3.05, 3.63) is 101 Å². The van der Waals surface area contributed by atoms with Gasteiger partial charge in [0.1, 0.15) is 11.4 Å². The lowest BCUT2D eigenvalue weighted by Gasteiger charge is -2.17. The fourth-order valence-corrected chi connectivity index (χ4v) is 4.98. The lowest BCUT2D eigenvalue weighted by atomic mass is 10.1. The number of amides is 1. The second-order valence-electron chi connectivity index (χ2n) is 7.94. The van der Waals surface area contributed by atoms with Crippen LogP contribution < -0.4 is 15.3 Å². The summed E-state index contributed by atoms with van der Waals surface area (Å²) in [7, 11) is 1.60. The zero-order valence-electron chi connectivity index (χ0n) is 19.2. The number of nitrogens with zero attached hydrogens (tertiary/aromatic N) is 3. The molecule has 0 spiro atoms. The van der Waals surface area contributed by atoms with Gasteiger partial charge in [-0.1, -0.05) is 60.3 Å². The van der Waals surface area contributed by atoms with Crippen LogP contribution in [0.3, 0.4) is 0 Å². The number of aliphatic imine (C=N–C) groups is 1. The van der Waals surface area contributed by atoms with Crippen LogP contribution in [0.2, 0.25) is 0 Å². The maximum atomic E-state index is 13.4. The fraction of sp³-hybridized carbons (Fsp3) is 0.148. The molecule has 0 aliphatic carbocycles. The van der Waals surface area contributed by atoms with E-state index >= 15 is 0 Å². The van der Waals surface area contributed by atoms with Gasteiger partial charge >= 0.3 is 5.69 Å². The number of methoxy groups -OCH3 is 1. The monoisotopic (exact) mass is 484 g/mol. The van der Waals surface area contributed by atoms with Crippen LogP contribution >= 0.6 is 11.8 Å². The zero-order valence-corrected chi connectivity index (χ0v) is 20.0. The van der Waals surface area contributed by atoms with Crippen LogP contribution in [-0.2, 0) is 11.3 Å². The standard InChI is InChI=1S/C27H24N4O3S/c1-34-24-15-8-5-10-19(24)18-22-25(32)31(20-11-3-2-4-12-20)27(29-22)35-17-9-16-30-23-14-7-6-13-21(23)28-26(30)33/h2-8,10-15,18H,9,16-17H2,1H3,(H,28,33)/b22-18+. The molecule has 1 aliphatic heterocycles. The van der Waals surface area contributed by atoms with E-state index in [4.69, 9.17) is 4.74 Å². The van der Waals surface area contributed by atoms with Crippen LogP contribution in [0, 0.1) is 0 Å². The molecule has 1 N–H and O–H groups in total. The highest BCUT2D eigenvalue weighted by molar-refractivity contribution is 8.14. The third-order valence-electron chi connectivity index (χ3n) is 5.71. The van der Waals surface area contributed by atoms with Crippen LogP contribution in [-0.4, -0.2) is 33.5 Å². The average Bonchev–Trinajstić information content (AvgIpc) is 3.37. The Labute approximate surface area is 206 Å². The third-order valence-corrected chi connectivity index (χ3v) is 6.74. The first-order chi connectivity index (χ1) is 17.2. The molecule has 1 amide bonds. The molecule has 0 fully saturated rings. The Balaban J connectivity index is 1.37. The predicted molar refractivity (Wildman–Crippen MR) is 142 cm³/mol. The van der Waals surface area contributed by atoms with Gasteiger partial charge < -0.3 is 9.72 Å². The van der Waals surface area contributed by atoms with E-state index in [1.807, 2.05) is 78.9 Å². The number of aromatic nitrogens is 2. The summed E-state index contributed by atoms with van der Waals surface area (Å²) in [6, 6.07) is 24.7. The summed E-state index contributed by atoms with van der Waals surface area (Å²) >= 11 is 1.51. The second-order valence-corrected chi connectivity index (χ2v) is 9.01. The molecule has 1 aliphatic rings. The Morgan fingerprint density at radius 2 is 1.71 bits per heavy atom. The molecule has 35 heavy (non-hydrogen) atoms. The first-order valence-corrected chi connectivity index (χ1v) is 12.3. The Hall–Kier alpha value is -4.04. The molecule has 3 aromatic carbocycles. The van der Waals surface area contributed by atoms with E-state index in [1.54, 1.807) is 22.7 Å². The smallest absolute Gasteiger partial charge is 0.326 e. The number of ether oxygens (including phenoxy) is 1. The van der Waals surface area contributed by atoms with Gasteiger partial charge in [-0.2, -0.15) is 0 Å². The molecule has 1 aromatic heterocycles. The number of rotatable bonds is 7. The lowest BCUT2D eigenvalue weighted by Crippen LogP contribution is -2.30. The number of carbonyl (C=O) groups is 1. The molecular weight excluding hydrogens is 460 g/mol. The lowest BCUT2D eigenvalue weighted by molar-refractivity contribution is -0.113. The maximum absolute atomic E-state index is 13.4. The minimum Gasteiger partial charge on any atom is -0.496 e. The third kappa shape index (κ3) is 4.65. The Kier molecular flexibility index (Phi) is 6.54. The number of imidazole rings is 1. The normalized spacial score (nSPS) is 14.7. The SMILES string of the molecule is COc1ccccc1/C=C1/N=C(SCCCn2c(=O)[nH]c3ccccc32)N(c2ccccc2)C1=O. The average molecular weight is 485 g/mol. The number of H-pyrrole nitrogens is 1. The molecule has 176 valence electrons. The van der Waals surface area contributed by atoms with Gasteiger partial charge in [-0.25, -0.2) is 9.79 Å². The first-order valence-electron chi connectivity index (χ1n) is 11.3. The summed E-state index contributed by atoms with van der Waals surface area (Å²) in [6.07, 6.45) is 2.50. The van der Waals surface area contributed by atoms with Gasteiger partial charge in [-0.15, -0.1) is 0 Å². The van der Waals surface area contributed by atoms with E-state index in [1.165, 1.54) is 11.8 Å². The van der Waals surface area contributed by atoms with Gasteiger partial charge in [-0.05, 0) is 42.8 Å². The van der Waals surface area contributed by atoms with Crippen molar-refractivity contribution in [2.45, 2.75) is 13.0 Å². The number of hydrogen-bond acceptors (Lipinski definition) is 5. The number of thioether (sulfide) groups is 1. The van der Waals surface area contributed by atoms with E-state index in [2.05, 4.69) is 9.98 Å². The van der Waals surface area contributed by atoms with Crippen LogP contribution in [0.1, 0.15) is 12.0 Å². The van der Waals surface area contributed by atoms with Gasteiger partial charge in [0.15, 0.2) is 5.17 Å². The topological polar surface area (TPSA) is 79.7 Å². The number of carbonyl (C=O) groups excluding carboxylic acids is 1. The summed E-state index contributed by atoms with van der Waals surface area (Å²) in [4.78, 5) is 34.9. The van der Waals surface area contributed by atoms with Crippen molar-refractivity contribution in [3.63, 3.8) is 0 Å². The van der Waals surface area contributed by atoms with Gasteiger partial charge in [0, 0.05) is 17.9 Å². The van der Waals surface area contributed by atoms with E-state index in [0.29, 0.717) is 28.9 Å². The van der Waals surface area contributed by atoms with Crippen molar-refractivity contribution in [3.8, 4) is 5.75 Å². The van der Waals surface area contributed by atoms with E-state index in [-0.39, 0.29) is 11.6 Å². The highest BCUT2D eigenvalue weighted by atomic mass is 32.2. The number of anilines is 1. The molecule has 0 saturated carbocycles. The van der Waals surface area contributed by atoms with Crippen molar-refractivity contribution < 1.29 is 9.53 Å². The maximum Gasteiger partial charge on any atom is 0.326 e. The van der Waals surface area contributed by atoms with E-state index in [0.717, 1.165) is 28.7 Å². The molecule has 0 atom stereocenters. The number of amidine groups is 1. The summed E-state index contributed by atoms with van der Waals surface area (Å²) in [6.45, 7) is 0.576. The Morgan fingerprint density at radius 1 is 0.971 bits per heavy atom. The van der Waals surface area contributed by atoms with Gasteiger partial charge in [0.05, 0.1) is 23.8 Å². The molecular formula is C27H24N4O3S. The van der Waals surface area contributed by atoms with Crippen LogP contribution in [0.5, 0.6) is 5.75 Å². The second kappa shape index (κ2) is 10.1. The number of fused-ring (bicyclic) bond motifs is 1. The quantitative estimate of drug-likeness (QED) is 0.299. The first kappa shape index (κ1) is 22.7. The number of hydrogen-bond donors (Lipinski definition) is 1. The molecule has 4 aromatic rings. The van der Waals surface area contributed by atoms with Gasteiger partial charge in [-0.3, -0.25) is 14.3 Å². The molecule has 0 unspecified atom stereocenters. The molecule has 5 rings (SSSR count). The molecule has 8 heteroatoms. The van der Waals surface area contributed by atoms with E-state index < -0.39 is 0 Å². The van der Waals surface area contributed by atoms with Gasteiger partial charge in [0.2, 0.25) is 0 Å². The molecule has 0 radical (unpaired) electrons. The number of nitrogens with one attached hydrogen (secondary N) is 1. The number of aromatic amines is 1. The Morgan fingerprint density at radius 3 is 2.54 bits per heavy atom. The van der Waals surface area contributed by atoms with Crippen molar-refractivity contribution in [1.82, 2.24) is 9.55 Å². The summed E-state index contributed by atoms with van der Waals surface area (Å²) in [5.74, 6) is 1.19. The number of benzene rings is 3. The molecule has 0 saturated heterocycles. The van der Waals surface area contributed by atoms with Crippen molar-refractivity contribution >= 4 is 45.6 Å². The van der Waals surface area contributed by atoms with Crippen molar-refractivity contribution in [1.29, 1.82) is 0 Å². The highest BCUT2D eigenvalue weighted by Crippen LogP contribution is 2.31. The van der Waals surface area contributed by atoms with E-state index in [9.17, 15) is 9.59 Å². The van der Waals surface area contributed by atoms with Crippen LogP contribution in [0.15, 0.2) is 94.3 Å². The largest absolute Gasteiger partial charge is 0.496 e. The van der Waals surface area contributed by atoms with Crippen molar-refractivity contribution in [2.24, 2.45) is 4.99 Å². The summed E-state index contributed by atoms with van der Waals surface area (Å²) < 4.78 is 7.18. The molecule has 0 bridgehead atoms. The minimum atomic E-state index is -0.183. The van der Waals surface area contributed by atoms with Crippen LogP contribution in [0.25, 0.3) is 17.1 Å². The predicted octanol–water partition coefficient (Wildman–Crippen LogP) is 4.91. The molecule has 2 heterocycles. The van der Waals surface area contributed by atoms with Gasteiger partial charge in [0.25, 0.3) is 5.91 Å². The fourth-order valence-electron chi connectivity index (χ4n) is 4.05. The summed E-state index contributed by atoms with van der Waals surface area (Å²) in [5.41, 5.74) is 3.52. The summed E-state index contributed by atoms with van der Waals surface area (Å²) in [5, 5.41) is 0.619. The van der Waals surface area contributed by atoms with Crippen molar-refractivity contribution in [2.75, 3.05) is 17.8 Å². The highest BCUT2D eigenvalue weighted by Gasteiger charge is 2.32.